The Kier molecular flexibility index (Phi) is 6.40. The topological polar surface area (TPSA) is 90.7 Å². The number of nitrogens with one attached hydrogen (secondary N) is 1. The van der Waals surface area contributed by atoms with Crippen LogP contribution in [0.2, 0.25) is 0 Å². The highest BCUT2D eigenvalue weighted by Crippen LogP contribution is 2.34. The fraction of sp³-hybridized carbons (Fsp3) is 0.417. The number of ether oxygens (including phenoxy) is 2. The Balaban J connectivity index is 2.71. The van der Waals surface area contributed by atoms with Crippen LogP contribution in [0.4, 0.5) is 5.69 Å². The largest absolute Gasteiger partial charge is 0.486 e. The standard InChI is InChI=1S/C12H15BrN2O5/c1-14-9(12(16)19-2)6-7-20-11-8(13)4-3-5-10(11)15(17)18/h3-5,9,14H,6-7H2,1-2H3. The Labute approximate surface area is 124 Å². The van der Waals surface area contributed by atoms with Crippen LogP contribution in [0.1, 0.15) is 6.42 Å². The van der Waals surface area contributed by atoms with Gasteiger partial charge in [0.15, 0.2) is 0 Å². The number of para-hydroxylation sites is 1. The third-order valence-corrected chi connectivity index (χ3v) is 3.25. The van der Waals surface area contributed by atoms with Gasteiger partial charge in [0.25, 0.3) is 0 Å². The van der Waals surface area contributed by atoms with E-state index in [1.807, 2.05) is 0 Å². The van der Waals surface area contributed by atoms with E-state index in [0.717, 1.165) is 0 Å². The van der Waals surface area contributed by atoms with Crippen LogP contribution in [-0.2, 0) is 9.53 Å². The summed E-state index contributed by atoms with van der Waals surface area (Å²) in [6, 6.07) is 4.05. The summed E-state index contributed by atoms with van der Waals surface area (Å²) in [4.78, 5) is 21.8. The number of rotatable bonds is 7. The van der Waals surface area contributed by atoms with Gasteiger partial charge in [-0.2, -0.15) is 0 Å². The summed E-state index contributed by atoms with van der Waals surface area (Å²) >= 11 is 3.21. The van der Waals surface area contributed by atoms with E-state index < -0.39 is 16.9 Å². The number of nitro benzene ring substituents is 1. The Morgan fingerprint density at radius 3 is 2.80 bits per heavy atom. The number of nitrogens with zero attached hydrogens (tertiary/aromatic N) is 1. The van der Waals surface area contributed by atoms with Crippen LogP contribution < -0.4 is 10.1 Å². The first-order valence-corrected chi connectivity index (χ1v) is 6.61. The summed E-state index contributed by atoms with van der Waals surface area (Å²) in [5, 5.41) is 13.7. The van der Waals surface area contributed by atoms with Crippen molar-refractivity contribution in [3.63, 3.8) is 0 Å². The number of esters is 1. The zero-order chi connectivity index (χ0) is 15.1. The summed E-state index contributed by atoms with van der Waals surface area (Å²) in [5.74, 6) is -0.255. The van der Waals surface area contributed by atoms with Gasteiger partial charge in [0, 0.05) is 12.5 Å². The van der Waals surface area contributed by atoms with Gasteiger partial charge >= 0.3 is 11.7 Å². The summed E-state index contributed by atoms with van der Waals surface area (Å²) < 4.78 is 10.5. The van der Waals surface area contributed by atoms with Crippen molar-refractivity contribution < 1.29 is 19.2 Å². The highest BCUT2D eigenvalue weighted by molar-refractivity contribution is 9.10. The number of halogens is 1. The number of benzene rings is 1. The van der Waals surface area contributed by atoms with E-state index in [4.69, 9.17) is 4.74 Å². The maximum Gasteiger partial charge on any atom is 0.322 e. The molecular formula is C12H15BrN2O5. The second-order valence-electron chi connectivity index (χ2n) is 3.85. The molecule has 0 spiro atoms. The molecule has 0 saturated heterocycles. The van der Waals surface area contributed by atoms with E-state index in [-0.39, 0.29) is 18.0 Å². The molecule has 1 atom stereocenters. The summed E-state index contributed by atoms with van der Waals surface area (Å²) in [7, 11) is 2.93. The lowest BCUT2D eigenvalue weighted by molar-refractivity contribution is -0.386. The van der Waals surface area contributed by atoms with Gasteiger partial charge in [-0.05, 0) is 29.0 Å². The quantitative estimate of drug-likeness (QED) is 0.460. The number of nitro groups is 1. The molecule has 0 aromatic heterocycles. The van der Waals surface area contributed by atoms with Crippen molar-refractivity contribution >= 4 is 27.6 Å². The van der Waals surface area contributed by atoms with E-state index in [1.165, 1.54) is 13.2 Å². The van der Waals surface area contributed by atoms with Crippen LogP contribution in [0.5, 0.6) is 5.75 Å². The number of carbonyl (C=O) groups excluding carboxylic acids is 1. The lowest BCUT2D eigenvalue weighted by atomic mass is 10.2. The van der Waals surface area contributed by atoms with Crippen molar-refractivity contribution in [1.29, 1.82) is 0 Å². The van der Waals surface area contributed by atoms with E-state index in [1.54, 1.807) is 19.2 Å². The fourth-order valence-electron chi connectivity index (χ4n) is 1.59. The molecule has 0 heterocycles. The van der Waals surface area contributed by atoms with Crippen LogP contribution >= 0.6 is 15.9 Å². The molecule has 8 heteroatoms. The van der Waals surface area contributed by atoms with Crippen molar-refractivity contribution in [3.05, 3.63) is 32.8 Å². The van der Waals surface area contributed by atoms with E-state index >= 15 is 0 Å². The average molecular weight is 347 g/mol. The van der Waals surface area contributed by atoms with Gasteiger partial charge in [-0.1, -0.05) is 6.07 Å². The highest BCUT2D eigenvalue weighted by atomic mass is 79.9. The van der Waals surface area contributed by atoms with Crippen molar-refractivity contribution in [2.75, 3.05) is 20.8 Å². The monoisotopic (exact) mass is 346 g/mol. The van der Waals surface area contributed by atoms with E-state index in [2.05, 4.69) is 26.0 Å². The molecule has 0 saturated carbocycles. The molecule has 0 bridgehead atoms. The summed E-state index contributed by atoms with van der Waals surface area (Å²) in [6.07, 6.45) is 0.335. The lowest BCUT2D eigenvalue weighted by Crippen LogP contribution is -2.36. The molecule has 1 rings (SSSR count). The average Bonchev–Trinajstić information content (AvgIpc) is 2.43. The third-order valence-electron chi connectivity index (χ3n) is 2.63. The smallest absolute Gasteiger partial charge is 0.322 e. The molecule has 0 aliphatic carbocycles. The molecule has 0 radical (unpaired) electrons. The van der Waals surface area contributed by atoms with Gasteiger partial charge in [-0.15, -0.1) is 0 Å². The molecular weight excluding hydrogens is 332 g/mol. The summed E-state index contributed by atoms with van der Waals surface area (Å²) in [6.45, 7) is 0.143. The molecule has 1 aromatic carbocycles. The minimum atomic E-state index is -0.518. The molecule has 0 aliphatic heterocycles. The Hall–Kier alpha value is -1.67. The number of hydrogen-bond donors (Lipinski definition) is 1. The SMILES string of the molecule is CNC(CCOc1c(Br)cccc1[N+](=O)[O-])C(=O)OC. The second kappa shape index (κ2) is 7.81. The minimum absolute atomic E-state index is 0.126. The van der Waals surface area contributed by atoms with Crippen LogP contribution in [0.15, 0.2) is 22.7 Å². The molecule has 0 fully saturated rings. The molecule has 20 heavy (non-hydrogen) atoms. The number of methoxy groups -OCH3 is 1. The van der Waals surface area contributed by atoms with Gasteiger partial charge in [0.1, 0.15) is 6.04 Å². The van der Waals surface area contributed by atoms with E-state index in [9.17, 15) is 14.9 Å². The fourth-order valence-corrected chi connectivity index (χ4v) is 2.06. The van der Waals surface area contributed by atoms with Crippen LogP contribution in [-0.4, -0.2) is 37.7 Å². The van der Waals surface area contributed by atoms with Crippen LogP contribution in [0, 0.1) is 10.1 Å². The Morgan fingerprint density at radius 2 is 2.25 bits per heavy atom. The molecule has 1 unspecified atom stereocenters. The molecule has 1 aromatic rings. The van der Waals surface area contributed by atoms with Gasteiger partial charge in [0.2, 0.25) is 5.75 Å². The lowest BCUT2D eigenvalue weighted by Gasteiger charge is -2.14. The first-order chi connectivity index (χ1) is 9.51. The van der Waals surface area contributed by atoms with Crippen LogP contribution in [0.25, 0.3) is 0 Å². The zero-order valence-corrected chi connectivity index (χ0v) is 12.7. The molecule has 110 valence electrons. The first kappa shape index (κ1) is 16.4. The third kappa shape index (κ3) is 4.17. The van der Waals surface area contributed by atoms with Crippen molar-refractivity contribution in [1.82, 2.24) is 5.32 Å². The predicted molar refractivity (Wildman–Crippen MR) is 75.8 cm³/mol. The van der Waals surface area contributed by atoms with Crippen molar-refractivity contribution in [2.45, 2.75) is 12.5 Å². The zero-order valence-electron chi connectivity index (χ0n) is 11.1. The van der Waals surface area contributed by atoms with Crippen molar-refractivity contribution in [3.8, 4) is 5.75 Å². The normalized spacial score (nSPS) is 11.8. The maximum absolute atomic E-state index is 11.4. The maximum atomic E-state index is 11.4. The van der Waals surface area contributed by atoms with Crippen LogP contribution in [0.3, 0.4) is 0 Å². The Bertz CT molecular complexity index is 495. The number of likely N-dealkylation sites (N-methyl/N-ethyl adjacent to an activating group) is 1. The van der Waals surface area contributed by atoms with Gasteiger partial charge in [-0.25, -0.2) is 0 Å². The molecule has 7 nitrogen and oxygen atoms in total. The number of hydrogen-bond acceptors (Lipinski definition) is 6. The molecule has 0 aliphatic rings. The second-order valence-corrected chi connectivity index (χ2v) is 4.70. The Morgan fingerprint density at radius 1 is 1.55 bits per heavy atom. The summed E-state index contributed by atoms with van der Waals surface area (Å²) in [5.41, 5.74) is -0.126. The molecule has 0 amide bonds. The number of carbonyl (C=O) groups is 1. The van der Waals surface area contributed by atoms with Gasteiger partial charge in [-0.3, -0.25) is 14.9 Å². The van der Waals surface area contributed by atoms with Crippen molar-refractivity contribution in [2.24, 2.45) is 0 Å². The van der Waals surface area contributed by atoms with E-state index in [0.29, 0.717) is 10.9 Å². The van der Waals surface area contributed by atoms with Gasteiger partial charge < -0.3 is 14.8 Å². The van der Waals surface area contributed by atoms with Gasteiger partial charge in [0.05, 0.1) is 23.1 Å². The predicted octanol–water partition coefficient (Wildman–Crippen LogP) is 1.89. The first-order valence-electron chi connectivity index (χ1n) is 5.82. The molecule has 1 N–H and O–H groups in total. The highest BCUT2D eigenvalue weighted by Gasteiger charge is 2.20. The minimum Gasteiger partial charge on any atom is -0.486 e.